The number of anilines is 2. The number of cyclic esters (lactones) is 1. The predicted molar refractivity (Wildman–Crippen MR) is 123 cm³/mol. The van der Waals surface area contributed by atoms with Gasteiger partial charge < -0.3 is 24.3 Å². The zero-order valence-electron chi connectivity index (χ0n) is 18.5. The number of rotatable bonds is 8. The Bertz CT molecular complexity index is 1150. The second-order valence-corrected chi connectivity index (χ2v) is 7.97. The number of hydrogen-bond donors (Lipinski definition) is 1. The molecule has 9 nitrogen and oxygen atoms in total. The van der Waals surface area contributed by atoms with Crippen molar-refractivity contribution in [2.45, 2.75) is 25.4 Å². The first-order valence-corrected chi connectivity index (χ1v) is 11.1. The van der Waals surface area contributed by atoms with Crippen LogP contribution in [0.1, 0.15) is 19.3 Å². The van der Waals surface area contributed by atoms with Crippen molar-refractivity contribution in [3.05, 3.63) is 42.7 Å². The lowest BCUT2D eigenvalue weighted by molar-refractivity contribution is 0.135. The molecule has 2 aromatic carbocycles. The summed E-state index contributed by atoms with van der Waals surface area (Å²) >= 11 is 0. The molecule has 5 rings (SSSR count). The SMILES string of the molecule is COc1ccc2ncnc(NCCCCC3CN(c4ccc5c(c4)OCCO5)C(=O)O3)c2c1. The topological polar surface area (TPSA) is 95.0 Å². The van der Waals surface area contributed by atoms with Gasteiger partial charge in [-0.2, -0.15) is 0 Å². The van der Waals surface area contributed by atoms with Crippen LogP contribution in [0.25, 0.3) is 10.9 Å². The average Bonchev–Trinajstić information content (AvgIpc) is 3.23. The van der Waals surface area contributed by atoms with Gasteiger partial charge in [0.05, 0.1) is 24.9 Å². The maximum absolute atomic E-state index is 12.4. The molecule has 3 heterocycles. The third kappa shape index (κ3) is 4.57. The minimum absolute atomic E-state index is 0.130. The van der Waals surface area contributed by atoms with E-state index in [0.29, 0.717) is 31.3 Å². The number of aromatic nitrogens is 2. The molecule has 172 valence electrons. The molecule has 2 aliphatic heterocycles. The van der Waals surface area contributed by atoms with Crippen LogP contribution in [0, 0.1) is 0 Å². The van der Waals surface area contributed by atoms with Gasteiger partial charge >= 0.3 is 6.09 Å². The van der Waals surface area contributed by atoms with E-state index in [1.54, 1.807) is 18.3 Å². The molecule has 0 spiro atoms. The Morgan fingerprint density at radius 3 is 2.85 bits per heavy atom. The maximum Gasteiger partial charge on any atom is 0.414 e. The molecular weight excluding hydrogens is 424 g/mol. The van der Waals surface area contributed by atoms with E-state index < -0.39 is 0 Å². The quantitative estimate of drug-likeness (QED) is 0.514. The first kappa shape index (κ1) is 21.1. The highest BCUT2D eigenvalue weighted by Gasteiger charge is 2.32. The van der Waals surface area contributed by atoms with Crippen LogP contribution in [0.15, 0.2) is 42.7 Å². The Morgan fingerprint density at radius 1 is 1.09 bits per heavy atom. The Balaban J connectivity index is 1.11. The van der Waals surface area contributed by atoms with Crippen molar-refractivity contribution in [1.82, 2.24) is 9.97 Å². The molecule has 3 aromatic rings. The summed E-state index contributed by atoms with van der Waals surface area (Å²) in [5.74, 6) is 2.93. The molecule has 0 radical (unpaired) electrons. The molecule has 33 heavy (non-hydrogen) atoms. The van der Waals surface area contributed by atoms with Crippen molar-refractivity contribution in [2.24, 2.45) is 0 Å². The summed E-state index contributed by atoms with van der Waals surface area (Å²) in [5, 5.41) is 4.31. The number of methoxy groups -OCH3 is 1. The van der Waals surface area contributed by atoms with Crippen LogP contribution in [0.2, 0.25) is 0 Å². The first-order valence-electron chi connectivity index (χ1n) is 11.1. The fourth-order valence-electron chi connectivity index (χ4n) is 4.09. The van der Waals surface area contributed by atoms with Gasteiger partial charge in [0.2, 0.25) is 0 Å². The zero-order valence-corrected chi connectivity index (χ0v) is 18.5. The molecule has 0 aliphatic carbocycles. The van der Waals surface area contributed by atoms with E-state index in [9.17, 15) is 4.79 Å². The summed E-state index contributed by atoms with van der Waals surface area (Å²) < 4.78 is 22.1. The molecule has 1 amide bonds. The second-order valence-electron chi connectivity index (χ2n) is 7.97. The van der Waals surface area contributed by atoms with Gasteiger partial charge in [-0.05, 0) is 49.6 Å². The Morgan fingerprint density at radius 2 is 1.97 bits per heavy atom. The van der Waals surface area contributed by atoms with Gasteiger partial charge in [-0.15, -0.1) is 0 Å². The van der Waals surface area contributed by atoms with Crippen molar-refractivity contribution >= 4 is 28.5 Å². The van der Waals surface area contributed by atoms with Gasteiger partial charge in [0.1, 0.15) is 37.2 Å². The summed E-state index contributed by atoms with van der Waals surface area (Å²) in [5.41, 5.74) is 1.63. The van der Waals surface area contributed by atoms with E-state index in [1.165, 1.54) is 0 Å². The molecule has 2 aliphatic rings. The molecule has 1 unspecified atom stereocenters. The van der Waals surface area contributed by atoms with Crippen LogP contribution in [0.3, 0.4) is 0 Å². The maximum atomic E-state index is 12.4. The Hall–Kier alpha value is -3.75. The standard InChI is InChI=1S/C24H26N4O5/c1-30-17-6-7-20-19(13-17)23(27-15-26-20)25-9-3-2-4-18-14-28(24(29)33-18)16-5-8-21-22(12-16)32-11-10-31-21/h5-8,12-13,15,18H,2-4,9-11,14H2,1H3,(H,25,26,27). The zero-order chi connectivity index (χ0) is 22.6. The van der Waals surface area contributed by atoms with Crippen molar-refractivity contribution < 1.29 is 23.7 Å². The number of amides is 1. The molecule has 0 bridgehead atoms. The van der Waals surface area contributed by atoms with Crippen molar-refractivity contribution in [1.29, 1.82) is 0 Å². The number of fused-ring (bicyclic) bond motifs is 2. The van der Waals surface area contributed by atoms with E-state index in [2.05, 4.69) is 15.3 Å². The first-order chi connectivity index (χ1) is 16.2. The van der Waals surface area contributed by atoms with Crippen molar-refractivity contribution in [3.8, 4) is 17.2 Å². The lowest BCUT2D eigenvalue weighted by atomic mass is 10.1. The van der Waals surface area contributed by atoms with Gasteiger partial charge in [0.25, 0.3) is 0 Å². The molecule has 1 atom stereocenters. The van der Waals surface area contributed by atoms with Crippen LogP contribution < -0.4 is 24.4 Å². The molecule has 1 fully saturated rings. The predicted octanol–water partition coefficient (Wildman–Crippen LogP) is 4.02. The molecule has 1 N–H and O–H groups in total. The summed E-state index contributed by atoms with van der Waals surface area (Å²) in [6, 6.07) is 11.3. The summed E-state index contributed by atoms with van der Waals surface area (Å²) in [4.78, 5) is 22.7. The van der Waals surface area contributed by atoms with Gasteiger partial charge in [-0.1, -0.05) is 0 Å². The van der Waals surface area contributed by atoms with E-state index in [0.717, 1.165) is 54.0 Å². The number of benzene rings is 2. The van der Waals surface area contributed by atoms with Crippen LogP contribution in [0.4, 0.5) is 16.3 Å². The van der Waals surface area contributed by atoms with Crippen molar-refractivity contribution in [3.63, 3.8) is 0 Å². The summed E-state index contributed by atoms with van der Waals surface area (Å²) in [6.45, 7) is 2.34. The number of hydrogen-bond acceptors (Lipinski definition) is 8. The monoisotopic (exact) mass is 450 g/mol. The number of carbonyl (C=O) groups is 1. The van der Waals surface area contributed by atoms with Crippen LogP contribution in [0.5, 0.6) is 17.2 Å². The fraction of sp³-hybridized carbons (Fsp3) is 0.375. The van der Waals surface area contributed by atoms with E-state index in [1.807, 2.05) is 36.4 Å². The number of nitrogens with zero attached hydrogens (tertiary/aromatic N) is 3. The normalized spacial score (nSPS) is 17.2. The third-order valence-corrected chi connectivity index (χ3v) is 5.80. The molecule has 1 saturated heterocycles. The average molecular weight is 450 g/mol. The van der Waals surface area contributed by atoms with E-state index in [-0.39, 0.29) is 12.2 Å². The molecule has 9 heteroatoms. The van der Waals surface area contributed by atoms with Gasteiger partial charge in [0, 0.05) is 18.0 Å². The molecular formula is C24H26N4O5. The second kappa shape index (κ2) is 9.40. The summed E-state index contributed by atoms with van der Waals surface area (Å²) in [6.07, 6.45) is 3.75. The largest absolute Gasteiger partial charge is 0.497 e. The van der Waals surface area contributed by atoms with Gasteiger partial charge in [0.15, 0.2) is 11.5 Å². The molecule has 0 saturated carbocycles. The highest BCUT2D eigenvalue weighted by molar-refractivity contribution is 5.90. The summed E-state index contributed by atoms with van der Waals surface area (Å²) in [7, 11) is 1.64. The third-order valence-electron chi connectivity index (χ3n) is 5.80. The highest BCUT2D eigenvalue weighted by atomic mass is 16.6. The van der Waals surface area contributed by atoms with Crippen LogP contribution in [-0.2, 0) is 4.74 Å². The Labute approximate surface area is 191 Å². The lowest BCUT2D eigenvalue weighted by Crippen LogP contribution is -2.25. The fourth-order valence-corrected chi connectivity index (χ4v) is 4.09. The smallest absolute Gasteiger partial charge is 0.414 e. The Kier molecular flexibility index (Phi) is 6.01. The number of carbonyl (C=O) groups excluding carboxylic acids is 1. The highest BCUT2D eigenvalue weighted by Crippen LogP contribution is 2.35. The van der Waals surface area contributed by atoms with Crippen molar-refractivity contribution in [2.75, 3.05) is 43.6 Å². The minimum atomic E-state index is -0.323. The van der Waals surface area contributed by atoms with Gasteiger partial charge in [-0.25, -0.2) is 14.8 Å². The van der Waals surface area contributed by atoms with Crippen LogP contribution in [-0.4, -0.2) is 55.6 Å². The van der Waals surface area contributed by atoms with Gasteiger partial charge in [-0.3, -0.25) is 4.90 Å². The number of unbranched alkanes of at least 4 members (excludes halogenated alkanes) is 1. The minimum Gasteiger partial charge on any atom is -0.497 e. The van der Waals surface area contributed by atoms with Crippen LogP contribution >= 0.6 is 0 Å². The number of ether oxygens (including phenoxy) is 4. The number of nitrogens with one attached hydrogen (secondary N) is 1. The van der Waals surface area contributed by atoms with E-state index >= 15 is 0 Å². The lowest BCUT2D eigenvalue weighted by Gasteiger charge is -2.21. The van der Waals surface area contributed by atoms with E-state index in [4.69, 9.17) is 18.9 Å². The molecule has 1 aromatic heterocycles.